The van der Waals surface area contributed by atoms with Crippen LogP contribution in [0.1, 0.15) is 54.7 Å². The zero-order valence-corrected chi connectivity index (χ0v) is 14.8. The molecule has 3 heterocycles. The van der Waals surface area contributed by atoms with Crippen molar-refractivity contribution in [3.8, 4) is 0 Å². The van der Waals surface area contributed by atoms with E-state index in [0.29, 0.717) is 19.1 Å². The van der Waals surface area contributed by atoms with Crippen molar-refractivity contribution in [3.05, 3.63) is 33.5 Å². The lowest BCUT2D eigenvalue weighted by Gasteiger charge is -2.22. The van der Waals surface area contributed by atoms with Gasteiger partial charge in [-0.3, -0.25) is 4.79 Å². The van der Waals surface area contributed by atoms with Gasteiger partial charge in [-0.25, -0.2) is 9.67 Å². The molecule has 1 N–H and O–H groups in total. The van der Waals surface area contributed by atoms with E-state index in [1.807, 2.05) is 0 Å². The number of fused-ring (bicyclic) bond motifs is 1. The second kappa shape index (κ2) is 6.17. The molecule has 0 aromatic carbocycles. The molecule has 8 heteroatoms. The fourth-order valence-corrected chi connectivity index (χ4v) is 4.57. The first kappa shape index (κ1) is 15.5. The van der Waals surface area contributed by atoms with Gasteiger partial charge in [0.05, 0.1) is 24.9 Å². The third kappa shape index (κ3) is 2.77. The highest BCUT2D eigenvalue weighted by Gasteiger charge is 2.33. The first-order valence-corrected chi connectivity index (χ1v) is 9.85. The van der Waals surface area contributed by atoms with Gasteiger partial charge in [0, 0.05) is 23.5 Å². The van der Waals surface area contributed by atoms with Crippen LogP contribution >= 0.6 is 11.5 Å². The van der Waals surface area contributed by atoms with E-state index in [1.54, 1.807) is 10.7 Å². The zero-order valence-electron chi connectivity index (χ0n) is 14.0. The molecule has 2 unspecified atom stereocenters. The van der Waals surface area contributed by atoms with E-state index in [2.05, 4.69) is 19.8 Å². The lowest BCUT2D eigenvalue weighted by molar-refractivity contribution is 0.182. The van der Waals surface area contributed by atoms with Gasteiger partial charge >= 0.3 is 0 Å². The molecule has 0 bridgehead atoms. The van der Waals surface area contributed by atoms with E-state index in [-0.39, 0.29) is 17.6 Å². The summed E-state index contributed by atoms with van der Waals surface area (Å²) in [6.45, 7) is 1.05. The summed E-state index contributed by atoms with van der Waals surface area (Å²) in [5, 5.41) is 8.88. The van der Waals surface area contributed by atoms with E-state index >= 15 is 0 Å². The molecule has 7 nitrogen and oxygen atoms in total. The van der Waals surface area contributed by atoms with E-state index in [4.69, 9.17) is 4.74 Å². The third-order valence-corrected chi connectivity index (χ3v) is 6.23. The van der Waals surface area contributed by atoms with Crippen LogP contribution in [0.4, 0.5) is 5.13 Å². The topological polar surface area (TPSA) is 81.9 Å². The maximum absolute atomic E-state index is 12.5. The Morgan fingerprint density at radius 3 is 3.00 bits per heavy atom. The van der Waals surface area contributed by atoms with E-state index in [1.165, 1.54) is 30.8 Å². The Kier molecular flexibility index (Phi) is 3.82. The van der Waals surface area contributed by atoms with E-state index in [0.717, 1.165) is 41.5 Å². The molecule has 2 aromatic rings. The maximum Gasteiger partial charge on any atom is 0.267 e. The van der Waals surface area contributed by atoms with Gasteiger partial charge in [0.2, 0.25) is 5.13 Å². The summed E-state index contributed by atoms with van der Waals surface area (Å²) in [5.74, 6) is 1.49. The molecule has 3 aliphatic rings. The maximum atomic E-state index is 12.5. The fraction of sp³-hybridized carbons (Fsp3) is 0.647. The number of hydrogen-bond acceptors (Lipinski definition) is 7. The van der Waals surface area contributed by atoms with Crippen LogP contribution in [0, 0.1) is 0 Å². The normalized spacial score (nSPS) is 25.8. The van der Waals surface area contributed by atoms with Crippen LogP contribution in [0.25, 0.3) is 0 Å². The Bertz CT molecular complexity index is 844. The van der Waals surface area contributed by atoms with Gasteiger partial charge in [0.25, 0.3) is 5.56 Å². The Balaban J connectivity index is 1.37. The average Bonchev–Trinajstić information content (AvgIpc) is 3.26. The molecule has 0 spiro atoms. The highest BCUT2D eigenvalue weighted by molar-refractivity contribution is 7.09. The monoisotopic (exact) mass is 359 g/mol. The molecular weight excluding hydrogens is 338 g/mol. The molecule has 132 valence electrons. The van der Waals surface area contributed by atoms with Crippen molar-refractivity contribution in [2.24, 2.45) is 0 Å². The molecule has 2 aliphatic carbocycles. The fourth-order valence-electron chi connectivity index (χ4n) is 3.86. The van der Waals surface area contributed by atoms with Crippen LogP contribution in [-0.2, 0) is 17.6 Å². The number of aromatic nitrogens is 4. The van der Waals surface area contributed by atoms with Gasteiger partial charge in [0.1, 0.15) is 11.9 Å². The van der Waals surface area contributed by atoms with Gasteiger partial charge in [-0.05, 0) is 37.7 Å². The van der Waals surface area contributed by atoms with Crippen LogP contribution in [0.2, 0.25) is 0 Å². The van der Waals surface area contributed by atoms with Crippen molar-refractivity contribution in [1.29, 1.82) is 0 Å². The summed E-state index contributed by atoms with van der Waals surface area (Å²) in [6.07, 6.45) is 6.68. The third-order valence-electron chi connectivity index (χ3n) is 5.57. The molecule has 5 rings (SSSR count). The first-order chi connectivity index (χ1) is 12.3. The molecule has 2 atom stereocenters. The molecule has 25 heavy (non-hydrogen) atoms. The van der Waals surface area contributed by atoms with Crippen LogP contribution in [0.15, 0.2) is 10.9 Å². The minimum Gasteiger partial charge on any atom is -0.377 e. The molecule has 1 saturated heterocycles. The Hall–Kier alpha value is -1.80. The molecule has 2 fully saturated rings. The van der Waals surface area contributed by atoms with Crippen molar-refractivity contribution < 1.29 is 4.74 Å². The molecule has 0 amide bonds. The van der Waals surface area contributed by atoms with Crippen LogP contribution in [-0.4, -0.2) is 38.4 Å². The van der Waals surface area contributed by atoms with Gasteiger partial charge in [-0.15, -0.1) is 0 Å². The number of rotatable bonds is 4. The largest absolute Gasteiger partial charge is 0.377 e. The Labute approximate surface area is 149 Å². The predicted octanol–water partition coefficient (Wildman–Crippen LogP) is 1.90. The Morgan fingerprint density at radius 2 is 2.16 bits per heavy atom. The minimum absolute atomic E-state index is 0.00755. The summed E-state index contributed by atoms with van der Waals surface area (Å²) in [5.41, 5.74) is 2.14. The van der Waals surface area contributed by atoms with E-state index < -0.39 is 0 Å². The van der Waals surface area contributed by atoms with E-state index in [9.17, 15) is 4.79 Å². The Morgan fingerprint density at radius 1 is 1.24 bits per heavy atom. The van der Waals surface area contributed by atoms with Gasteiger partial charge in [-0.1, -0.05) is 6.42 Å². The molecule has 2 aromatic heterocycles. The van der Waals surface area contributed by atoms with Crippen molar-refractivity contribution in [1.82, 2.24) is 19.1 Å². The van der Waals surface area contributed by atoms with Crippen molar-refractivity contribution in [3.63, 3.8) is 0 Å². The summed E-state index contributed by atoms with van der Waals surface area (Å²) < 4.78 is 11.8. The predicted molar refractivity (Wildman–Crippen MR) is 94.3 cm³/mol. The summed E-state index contributed by atoms with van der Waals surface area (Å²) in [6, 6.07) is 1.64. The van der Waals surface area contributed by atoms with Crippen molar-refractivity contribution in [2.45, 2.75) is 56.5 Å². The van der Waals surface area contributed by atoms with Crippen LogP contribution in [0.5, 0.6) is 0 Å². The van der Waals surface area contributed by atoms with Crippen molar-refractivity contribution in [2.75, 3.05) is 18.5 Å². The number of anilines is 1. The SMILES string of the molecule is O=c1cc2c(nn1C1COCC1Nc1nc(C3CCC3)ns1)CCC2. The second-order valence-corrected chi connectivity index (χ2v) is 7.95. The standard InChI is InChI=1S/C17H21N5O2S/c23-15-7-11-5-2-6-12(11)20-22(15)14-9-24-8-13(14)18-17-19-16(21-25-17)10-3-1-4-10/h7,10,13-14H,1-6,8-9H2,(H,18,19,21). The minimum atomic E-state index is -0.102. The zero-order chi connectivity index (χ0) is 16.8. The highest BCUT2D eigenvalue weighted by Crippen LogP contribution is 2.36. The van der Waals surface area contributed by atoms with Gasteiger partial charge in [0.15, 0.2) is 0 Å². The van der Waals surface area contributed by atoms with Crippen LogP contribution in [0.3, 0.4) is 0 Å². The summed E-state index contributed by atoms with van der Waals surface area (Å²) in [4.78, 5) is 17.1. The second-order valence-electron chi connectivity index (χ2n) is 7.19. The number of hydrogen-bond donors (Lipinski definition) is 1. The molecule has 0 radical (unpaired) electrons. The lowest BCUT2D eigenvalue weighted by Crippen LogP contribution is -2.37. The number of aryl methyl sites for hydroxylation is 2. The first-order valence-electron chi connectivity index (χ1n) is 9.07. The average molecular weight is 359 g/mol. The number of nitrogens with zero attached hydrogens (tertiary/aromatic N) is 4. The quantitative estimate of drug-likeness (QED) is 0.898. The van der Waals surface area contributed by atoms with Gasteiger partial charge < -0.3 is 10.1 Å². The van der Waals surface area contributed by atoms with Crippen molar-refractivity contribution >= 4 is 16.7 Å². The summed E-state index contributed by atoms with van der Waals surface area (Å²) >= 11 is 1.40. The number of nitrogens with one attached hydrogen (secondary N) is 1. The molecule has 1 aliphatic heterocycles. The smallest absolute Gasteiger partial charge is 0.267 e. The van der Waals surface area contributed by atoms with Gasteiger partial charge in [-0.2, -0.15) is 9.47 Å². The molecular formula is C17H21N5O2S. The highest BCUT2D eigenvalue weighted by atomic mass is 32.1. The summed E-state index contributed by atoms with van der Waals surface area (Å²) in [7, 11) is 0. The van der Waals surface area contributed by atoms with Crippen LogP contribution < -0.4 is 10.9 Å². The molecule has 1 saturated carbocycles. The lowest BCUT2D eigenvalue weighted by atomic mass is 9.85. The number of ether oxygens (including phenoxy) is 1.